The zero-order chi connectivity index (χ0) is 6.15. The van der Waals surface area contributed by atoms with Gasteiger partial charge < -0.3 is 10.6 Å². The molecule has 0 unspecified atom stereocenters. The van der Waals surface area contributed by atoms with E-state index in [4.69, 9.17) is 12.2 Å². The maximum absolute atomic E-state index is 4.85. The largest absolute Gasteiger partial charge is 0.358 e. The summed E-state index contributed by atoms with van der Waals surface area (Å²) >= 11 is 4.85. The van der Waals surface area contributed by atoms with E-state index in [1.807, 2.05) is 0 Å². The number of thiocarbonyl (C=S) groups is 1. The molecule has 2 atom stereocenters. The molecule has 0 aliphatic carbocycles. The molecule has 8 heavy (non-hydrogen) atoms. The van der Waals surface area contributed by atoms with Crippen LogP contribution in [0.15, 0.2) is 0 Å². The highest BCUT2D eigenvalue weighted by Crippen LogP contribution is 1.97. The van der Waals surface area contributed by atoms with Gasteiger partial charge in [0.25, 0.3) is 0 Å². The quantitative estimate of drug-likeness (QED) is 0.459. The smallest absolute Gasteiger partial charge is 0.166 e. The molecule has 46 valence electrons. The summed E-state index contributed by atoms with van der Waals surface area (Å²) in [6.07, 6.45) is 0. The maximum Gasteiger partial charge on any atom is 0.166 e. The van der Waals surface area contributed by atoms with Gasteiger partial charge in [0.2, 0.25) is 0 Å². The van der Waals surface area contributed by atoms with Crippen LogP contribution in [0.4, 0.5) is 0 Å². The molecule has 0 saturated carbocycles. The highest BCUT2D eigenvalue weighted by molar-refractivity contribution is 7.80. The summed E-state index contributed by atoms with van der Waals surface area (Å²) in [7, 11) is 0. The molecule has 1 saturated heterocycles. The van der Waals surface area contributed by atoms with E-state index in [1.165, 1.54) is 0 Å². The average molecular weight is 130 g/mol. The molecular formula is C5H10N2S. The molecule has 1 aliphatic heterocycles. The lowest BCUT2D eigenvalue weighted by atomic mass is 10.2. The molecule has 1 fully saturated rings. The molecule has 0 amide bonds. The highest BCUT2D eigenvalue weighted by atomic mass is 32.1. The van der Waals surface area contributed by atoms with Gasteiger partial charge in [-0.25, -0.2) is 0 Å². The number of rotatable bonds is 0. The van der Waals surface area contributed by atoms with Crippen molar-refractivity contribution in [2.75, 3.05) is 0 Å². The molecule has 2 N–H and O–H groups in total. The lowest BCUT2D eigenvalue weighted by Crippen LogP contribution is -2.26. The molecule has 0 spiro atoms. The topological polar surface area (TPSA) is 24.1 Å². The van der Waals surface area contributed by atoms with Crippen LogP contribution in [0.2, 0.25) is 0 Å². The van der Waals surface area contributed by atoms with Crippen molar-refractivity contribution in [3.63, 3.8) is 0 Å². The summed E-state index contributed by atoms with van der Waals surface area (Å²) in [5.41, 5.74) is 0. The van der Waals surface area contributed by atoms with Gasteiger partial charge in [-0.1, -0.05) is 0 Å². The van der Waals surface area contributed by atoms with Crippen LogP contribution in [0.1, 0.15) is 13.8 Å². The second-order valence-electron chi connectivity index (χ2n) is 2.20. The molecular weight excluding hydrogens is 120 g/mol. The van der Waals surface area contributed by atoms with Crippen LogP contribution in [-0.2, 0) is 0 Å². The molecule has 0 aromatic heterocycles. The van der Waals surface area contributed by atoms with E-state index in [0.717, 1.165) is 5.11 Å². The predicted molar refractivity (Wildman–Crippen MR) is 37.8 cm³/mol. The van der Waals surface area contributed by atoms with E-state index >= 15 is 0 Å². The first-order valence-electron chi connectivity index (χ1n) is 2.77. The molecule has 0 radical (unpaired) electrons. The fourth-order valence-corrected chi connectivity index (χ4v) is 1.08. The third kappa shape index (κ3) is 0.916. The Balaban J connectivity index is 2.51. The van der Waals surface area contributed by atoms with Crippen molar-refractivity contribution in [1.82, 2.24) is 10.6 Å². The Bertz CT molecular complexity index is 101. The first kappa shape index (κ1) is 5.82. The SMILES string of the molecule is C[C@H]1NC(=S)N[C@@H]1C. The van der Waals surface area contributed by atoms with Crippen molar-refractivity contribution >= 4 is 17.3 Å². The normalized spacial score (nSPS) is 36.5. The molecule has 1 aliphatic rings. The first-order chi connectivity index (χ1) is 3.70. The highest BCUT2D eigenvalue weighted by Gasteiger charge is 2.19. The monoisotopic (exact) mass is 130 g/mol. The lowest BCUT2D eigenvalue weighted by Gasteiger charge is -2.05. The van der Waals surface area contributed by atoms with Crippen LogP contribution >= 0.6 is 12.2 Å². The Labute approximate surface area is 54.7 Å². The summed E-state index contributed by atoms with van der Waals surface area (Å²) in [6.45, 7) is 4.22. The van der Waals surface area contributed by atoms with Crippen molar-refractivity contribution in [2.24, 2.45) is 0 Å². The molecule has 3 heteroatoms. The van der Waals surface area contributed by atoms with E-state index in [2.05, 4.69) is 24.5 Å². The molecule has 1 rings (SSSR count). The molecule has 0 bridgehead atoms. The third-order valence-corrected chi connectivity index (χ3v) is 1.70. The van der Waals surface area contributed by atoms with Crippen molar-refractivity contribution in [2.45, 2.75) is 25.9 Å². The van der Waals surface area contributed by atoms with E-state index in [1.54, 1.807) is 0 Å². The van der Waals surface area contributed by atoms with Gasteiger partial charge in [0.05, 0.1) is 0 Å². The minimum atomic E-state index is 0.488. The molecule has 0 aromatic rings. The van der Waals surface area contributed by atoms with Gasteiger partial charge in [0.1, 0.15) is 0 Å². The molecule has 1 heterocycles. The fraction of sp³-hybridized carbons (Fsp3) is 0.800. The fourth-order valence-electron chi connectivity index (χ4n) is 0.705. The first-order valence-corrected chi connectivity index (χ1v) is 3.18. The summed E-state index contributed by atoms with van der Waals surface area (Å²) in [6, 6.07) is 0.977. The summed E-state index contributed by atoms with van der Waals surface area (Å²) in [5.74, 6) is 0. The number of hydrogen-bond donors (Lipinski definition) is 2. The second-order valence-corrected chi connectivity index (χ2v) is 2.60. The zero-order valence-electron chi connectivity index (χ0n) is 5.06. The maximum atomic E-state index is 4.85. The van der Waals surface area contributed by atoms with Crippen LogP contribution in [-0.4, -0.2) is 17.2 Å². The van der Waals surface area contributed by atoms with Gasteiger partial charge in [0, 0.05) is 12.1 Å². The van der Waals surface area contributed by atoms with Crippen LogP contribution in [0, 0.1) is 0 Å². The van der Waals surface area contributed by atoms with E-state index in [-0.39, 0.29) is 0 Å². The Morgan fingerprint density at radius 3 is 1.75 bits per heavy atom. The predicted octanol–water partition coefficient (Wildman–Crippen LogP) is 0.241. The zero-order valence-corrected chi connectivity index (χ0v) is 5.88. The minimum absolute atomic E-state index is 0.488. The van der Waals surface area contributed by atoms with Gasteiger partial charge >= 0.3 is 0 Å². The van der Waals surface area contributed by atoms with Crippen molar-refractivity contribution in [3.8, 4) is 0 Å². The van der Waals surface area contributed by atoms with Crippen LogP contribution in [0.5, 0.6) is 0 Å². The number of hydrogen-bond acceptors (Lipinski definition) is 1. The Morgan fingerprint density at radius 1 is 1.25 bits per heavy atom. The number of nitrogens with one attached hydrogen (secondary N) is 2. The lowest BCUT2D eigenvalue weighted by molar-refractivity contribution is 0.583. The van der Waals surface area contributed by atoms with Crippen molar-refractivity contribution in [1.29, 1.82) is 0 Å². The Hall–Kier alpha value is -0.310. The standard InChI is InChI=1S/C5H10N2S/c1-3-4(2)7-5(8)6-3/h3-4H,1-2H3,(H2,6,7,8)/t3-,4-/m1/s1. The molecule has 2 nitrogen and oxygen atoms in total. The van der Waals surface area contributed by atoms with Crippen molar-refractivity contribution < 1.29 is 0 Å². The van der Waals surface area contributed by atoms with Gasteiger partial charge in [-0.3, -0.25) is 0 Å². The Kier molecular flexibility index (Phi) is 1.38. The van der Waals surface area contributed by atoms with Gasteiger partial charge in [0.15, 0.2) is 5.11 Å². The summed E-state index contributed by atoms with van der Waals surface area (Å²) in [5, 5.41) is 6.96. The van der Waals surface area contributed by atoms with Gasteiger partial charge in [-0.2, -0.15) is 0 Å². The second kappa shape index (κ2) is 1.90. The van der Waals surface area contributed by atoms with Crippen molar-refractivity contribution in [3.05, 3.63) is 0 Å². The van der Waals surface area contributed by atoms with E-state index in [0.29, 0.717) is 12.1 Å². The molecule has 0 aromatic carbocycles. The third-order valence-electron chi connectivity index (χ3n) is 1.47. The average Bonchev–Trinajstić information content (AvgIpc) is 1.85. The summed E-state index contributed by atoms with van der Waals surface area (Å²) in [4.78, 5) is 0. The van der Waals surface area contributed by atoms with Crippen LogP contribution < -0.4 is 10.6 Å². The van der Waals surface area contributed by atoms with Gasteiger partial charge in [-0.05, 0) is 26.1 Å². The van der Waals surface area contributed by atoms with Crippen LogP contribution in [0.3, 0.4) is 0 Å². The minimum Gasteiger partial charge on any atom is -0.358 e. The van der Waals surface area contributed by atoms with Gasteiger partial charge in [-0.15, -0.1) is 0 Å². The van der Waals surface area contributed by atoms with E-state index in [9.17, 15) is 0 Å². The summed E-state index contributed by atoms with van der Waals surface area (Å²) < 4.78 is 0. The van der Waals surface area contributed by atoms with Crippen LogP contribution in [0.25, 0.3) is 0 Å². The van der Waals surface area contributed by atoms with E-state index < -0.39 is 0 Å². The Morgan fingerprint density at radius 2 is 1.62 bits per heavy atom.